The van der Waals surface area contributed by atoms with Crippen molar-refractivity contribution in [3.8, 4) is 11.5 Å². The number of aliphatic hydroxyl groups excluding tert-OH is 1. The number of phenolic OH excluding ortho intramolecular Hbond substituents is 2. The number of ether oxygens (including phenoxy) is 4. The van der Waals surface area contributed by atoms with E-state index in [4.69, 9.17) is 24.7 Å². The molecule has 0 saturated carbocycles. The van der Waals surface area contributed by atoms with Crippen LogP contribution in [0.25, 0.3) is 0 Å². The number of carbonyl (C=O) groups excluding carboxylic acids is 2. The summed E-state index contributed by atoms with van der Waals surface area (Å²) in [5, 5.41) is 35.3. The van der Waals surface area contributed by atoms with Crippen molar-refractivity contribution in [1.82, 2.24) is 0 Å². The normalized spacial score (nSPS) is 32.2. The summed E-state index contributed by atoms with van der Waals surface area (Å²) >= 11 is 0. The summed E-state index contributed by atoms with van der Waals surface area (Å²) in [7, 11) is 4.39. The molecule has 2 bridgehead atoms. The molecule has 0 aliphatic carbocycles. The molecule has 2 amide bonds. The molecule has 0 fully saturated rings. The predicted octanol–water partition coefficient (Wildman–Crippen LogP) is 3.70. The van der Waals surface area contributed by atoms with Gasteiger partial charge in [-0.15, -0.1) is 0 Å². The van der Waals surface area contributed by atoms with Crippen molar-refractivity contribution in [2.45, 2.75) is 64.6 Å². The molecule has 0 radical (unpaired) electrons. The number of primary amides is 1. The number of aliphatic hydroxyl groups is 1. The third-order valence-electron chi connectivity index (χ3n) is 7.07. The number of methoxy groups -OCH3 is 3. The highest BCUT2D eigenvalue weighted by atomic mass is 16.6. The highest BCUT2D eigenvalue weighted by Gasteiger charge is 2.32. The molecule has 0 spiro atoms. The van der Waals surface area contributed by atoms with Crippen LogP contribution in [0.2, 0.25) is 0 Å². The topological polar surface area (TPSA) is 170 Å². The number of phenols is 2. The van der Waals surface area contributed by atoms with E-state index in [1.807, 2.05) is 6.92 Å². The van der Waals surface area contributed by atoms with Crippen LogP contribution in [0.15, 0.2) is 47.6 Å². The zero-order valence-corrected chi connectivity index (χ0v) is 24.1. The summed E-state index contributed by atoms with van der Waals surface area (Å²) < 4.78 is 22.3. The van der Waals surface area contributed by atoms with Crippen molar-refractivity contribution in [2.75, 3.05) is 26.6 Å². The number of hydrogen-bond donors (Lipinski definition) is 5. The molecular formula is C29H42N2O9. The van der Waals surface area contributed by atoms with Crippen molar-refractivity contribution in [3.63, 3.8) is 0 Å². The Hall–Kier alpha value is -3.38. The van der Waals surface area contributed by atoms with E-state index in [-0.39, 0.29) is 34.2 Å². The predicted molar refractivity (Wildman–Crippen MR) is 150 cm³/mol. The Morgan fingerprint density at radius 2 is 1.73 bits per heavy atom. The first-order chi connectivity index (χ1) is 18.8. The zero-order valence-electron chi connectivity index (χ0n) is 24.1. The monoisotopic (exact) mass is 562 g/mol. The standard InChI is InChI=1S/C29H42N2O9/c1-15-9-8-10-22(37-5)27(40-29(30)36)17(3)11-16(2)24(33)23(38-6)12-18(4)26(39-7)20-13-19(32)14-21(25(20)34)31-28(15)35/h8-11,13-14,16,18,22-24,26-27,32-34H,12H2,1-7H3,(H2,30,36)(H,31,35)/b10-8+,15-9+,17-11+/t16-,18-,22-,23-,24+,26+,27-/m0/s1. The molecule has 7 atom stereocenters. The molecule has 40 heavy (non-hydrogen) atoms. The molecule has 11 heteroatoms. The lowest BCUT2D eigenvalue weighted by atomic mass is 9.86. The van der Waals surface area contributed by atoms with Gasteiger partial charge in [-0.05, 0) is 37.8 Å². The van der Waals surface area contributed by atoms with Crippen molar-refractivity contribution < 1.29 is 43.9 Å². The number of fused-ring (bicyclic) bond motifs is 2. The molecule has 1 aromatic carbocycles. The van der Waals surface area contributed by atoms with Gasteiger partial charge in [-0.3, -0.25) is 4.79 Å². The van der Waals surface area contributed by atoms with E-state index >= 15 is 0 Å². The number of amides is 2. The second-order valence-corrected chi connectivity index (χ2v) is 10.1. The van der Waals surface area contributed by atoms with Gasteiger partial charge in [0.1, 0.15) is 17.6 Å². The van der Waals surface area contributed by atoms with Crippen molar-refractivity contribution in [1.29, 1.82) is 0 Å². The van der Waals surface area contributed by atoms with Gasteiger partial charge in [0.2, 0.25) is 0 Å². The van der Waals surface area contributed by atoms with Crippen molar-refractivity contribution in [2.24, 2.45) is 17.6 Å². The lowest BCUT2D eigenvalue weighted by Gasteiger charge is -2.32. The van der Waals surface area contributed by atoms with Gasteiger partial charge < -0.3 is 45.3 Å². The molecule has 2 rings (SSSR count). The van der Waals surface area contributed by atoms with E-state index in [1.54, 1.807) is 39.0 Å². The number of allylic oxidation sites excluding steroid dienone is 2. The van der Waals surface area contributed by atoms with Crippen LogP contribution in [-0.4, -0.2) is 73.1 Å². The Balaban J connectivity index is 2.67. The fourth-order valence-electron chi connectivity index (χ4n) is 4.88. The molecule has 1 aromatic rings. The van der Waals surface area contributed by atoms with Crippen molar-refractivity contribution >= 4 is 17.7 Å². The smallest absolute Gasteiger partial charge is 0.405 e. The second-order valence-electron chi connectivity index (χ2n) is 10.1. The summed E-state index contributed by atoms with van der Waals surface area (Å²) in [5.74, 6) is -1.70. The van der Waals surface area contributed by atoms with Gasteiger partial charge in [0.15, 0.2) is 6.10 Å². The maximum Gasteiger partial charge on any atom is 0.405 e. The van der Waals surface area contributed by atoms with Gasteiger partial charge in [-0.2, -0.15) is 0 Å². The van der Waals surface area contributed by atoms with Crippen LogP contribution in [0, 0.1) is 11.8 Å². The van der Waals surface area contributed by atoms with Crippen LogP contribution < -0.4 is 11.1 Å². The SMILES string of the molecule is CO[C@H]1/C=C/C=C(\C)C(=O)Nc2cc(O)cc(c2O)[C@H](OC)[C@@H](C)C[C@H](OC)[C@H](O)[C@@H](C)/C=C(\C)[C@@H]1OC(N)=O. The molecule has 0 aromatic heterocycles. The zero-order chi connectivity index (χ0) is 30.1. The van der Waals surface area contributed by atoms with E-state index in [0.717, 1.165) is 0 Å². The average molecular weight is 563 g/mol. The first-order valence-electron chi connectivity index (χ1n) is 13.0. The molecular weight excluding hydrogens is 520 g/mol. The highest BCUT2D eigenvalue weighted by molar-refractivity contribution is 6.04. The lowest BCUT2D eigenvalue weighted by molar-refractivity contribution is -0.112. The number of rotatable bonds is 4. The van der Waals surface area contributed by atoms with Crippen LogP contribution in [-0.2, 0) is 23.7 Å². The van der Waals surface area contributed by atoms with E-state index in [9.17, 15) is 24.9 Å². The molecule has 222 valence electrons. The first-order valence-corrected chi connectivity index (χ1v) is 13.0. The van der Waals surface area contributed by atoms with Crippen LogP contribution in [0.4, 0.5) is 10.5 Å². The Labute approximate surface area is 235 Å². The Morgan fingerprint density at radius 3 is 2.30 bits per heavy atom. The van der Waals surface area contributed by atoms with E-state index < -0.39 is 48.4 Å². The van der Waals surface area contributed by atoms with Gasteiger partial charge in [-0.1, -0.05) is 38.2 Å². The summed E-state index contributed by atoms with van der Waals surface area (Å²) in [6.45, 7) is 6.97. The average Bonchev–Trinajstić information content (AvgIpc) is 2.90. The molecule has 6 N–H and O–H groups in total. The quantitative estimate of drug-likeness (QED) is 0.209. The summed E-state index contributed by atoms with van der Waals surface area (Å²) in [6.07, 6.45) is 1.78. The fourth-order valence-corrected chi connectivity index (χ4v) is 4.88. The Bertz CT molecular complexity index is 1130. The largest absolute Gasteiger partial charge is 0.508 e. The summed E-state index contributed by atoms with van der Waals surface area (Å²) in [6, 6.07) is 2.62. The van der Waals surface area contributed by atoms with Crippen LogP contribution >= 0.6 is 0 Å². The van der Waals surface area contributed by atoms with E-state index in [0.29, 0.717) is 12.0 Å². The first kappa shape index (κ1) is 32.8. The number of nitrogens with one attached hydrogen (secondary N) is 1. The minimum absolute atomic E-state index is 0.00496. The second kappa shape index (κ2) is 14.8. The summed E-state index contributed by atoms with van der Waals surface area (Å²) in [4.78, 5) is 24.6. The number of hydrogen-bond acceptors (Lipinski definition) is 9. The maximum atomic E-state index is 12.9. The van der Waals surface area contributed by atoms with E-state index in [1.165, 1.54) is 39.5 Å². The number of benzene rings is 1. The van der Waals surface area contributed by atoms with Gasteiger partial charge in [0.05, 0.1) is 24.0 Å². The summed E-state index contributed by atoms with van der Waals surface area (Å²) in [5.41, 5.74) is 6.48. The number of carbonyl (C=O) groups is 2. The maximum absolute atomic E-state index is 12.9. The van der Waals surface area contributed by atoms with Crippen LogP contribution in [0.5, 0.6) is 11.5 Å². The van der Waals surface area contributed by atoms with Gasteiger partial charge in [0, 0.05) is 44.5 Å². The molecule has 11 nitrogen and oxygen atoms in total. The molecule has 1 heterocycles. The number of nitrogens with two attached hydrogens (primary N) is 1. The van der Waals surface area contributed by atoms with Gasteiger partial charge >= 0.3 is 6.09 Å². The van der Waals surface area contributed by atoms with Crippen LogP contribution in [0.1, 0.15) is 45.8 Å². The minimum Gasteiger partial charge on any atom is -0.508 e. The molecule has 1 aliphatic rings. The van der Waals surface area contributed by atoms with E-state index in [2.05, 4.69) is 5.32 Å². The van der Waals surface area contributed by atoms with Crippen molar-refractivity contribution in [3.05, 3.63) is 53.1 Å². The third-order valence-corrected chi connectivity index (χ3v) is 7.07. The number of anilines is 1. The fraction of sp³-hybridized carbons (Fsp3) is 0.517. The lowest BCUT2D eigenvalue weighted by Crippen LogP contribution is -2.37. The molecule has 1 aliphatic heterocycles. The Morgan fingerprint density at radius 1 is 1.05 bits per heavy atom. The third kappa shape index (κ3) is 8.31. The molecule has 0 unspecified atom stereocenters. The van der Waals surface area contributed by atoms with Gasteiger partial charge in [-0.25, -0.2) is 4.79 Å². The van der Waals surface area contributed by atoms with Gasteiger partial charge in [0.25, 0.3) is 5.91 Å². The Kier molecular flexibility index (Phi) is 12.2. The van der Waals surface area contributed by atoms with Crippen LogP contribution in [0.3, 0.4) is 0 Å². The molecule has 0 saturated heterocycles. The minimum atomic E-state index is -0.995. The highest BCUT2D eigenvalue weighted by Crippen LogP contribution is 2.41. The number of aromatic hydroxyl groups is 2.